The second kappa shape index (κ2) is 10.3. The summed E-state index contributed by atoms with van der Waals surface area (Å²) >= 11 is 5.82. The van der Waals surface area contributed by atoms with Crippen molar-refractivity contribution in [1.82, 2.24) is 19.8 Å². The molecule has 0 saturated carbocycles. The minimum atomic E-state index is -0.219. The number of thiocarbonyl (C=S) groups is 1. The van der Waals surface area contributed by atoms with E-state index in [1.165, 1.54) is 10.8 Å². The number of amides is 1. The van der Waals surface area contributed by atoms with E-state index in [0.717, 1.165) is 34.0 Å². The van der Waals surface area contributed by atoms with Crippen LogP contribution in [0.4, 0.5) is 5.69 Å². The third-order valence-corrected chi connectivity index (χ3v) is 7.72. The van der Waals surface area contributed by atoms with Crippen LogP contribution in [-0.4, -0.2) is 32.0 Å². The maximum Gasteiger partial charge on any atom is 0.244 e. The van der Waals surface area contributed by atoms with E-state index in [1.807, 2.05) is 53.4 Å². The molecule has 1 aliphatic heterocycles. The van der Waals surface area contributed by atoms with Crippen LogP contribution in [0.1, 0.15) is 34.7 Å². The molecular formula is C32H29N5OS. The Morgan fingerprint density at radius 3 is 2.49 bits per heavy atom. The van der Waals surface area contributed by atoms with E-state index < -0.39 is 0 Å². The molecule has 7 heteroatoms. The van der Waals surface area contributed by atoms with Crippen molar-refractivity contribution in [2.45, 2.75) is 25.9 Å². The Balaban J connectivity index is 1.43. The highest BCUT2D eigenvalue weighted by molar-refractivity contribution is 7.80. The number of para-hydroxylation sites is 1. The van der Waals surface area contributed by atoms with Gasteiger partial charge in [0, 0.05) is 28.7 Å². The van der Waals surface area contributed by atoms with Gasteiger partial charge in [0.1, 0.15) is 6.54 Å². The summed E-state index contributed by atoms with van der Waals surface area (Å²) in [5, 5.41) is 9.39. The zero-order valence-electron chi connectivity index (χ0n) is 21.8. The summed E-state index contributed by atoms with van der Waals surface area (Å²) < 4.78 is 2.30. The van der Waals surface area contributed by atoms with Gasteiger partial charge in [0.25, 0.3) is 0 Å². The molecular weight excluding hydrogens is 502 g/mol. The van der Waals surface area contributed by atoms with Gasteiger partial charge in [-0.3, -0.25) is 9.78 Å². The SMILES string of the molecule is Cc1cc([C@@H]2[C@H](c3ccccn3)NC(=S)N2CC(=O)Nc2ccccc2)c(C)n1-c1cccc2ccccc12. The first kappa shape index (κ1) is 24.8. The van der Waals surface area contributed by atoms with Gasteiger partial charge in [-0.15, -0.1) is 0 Å². The summed E-state index contributed by atoms with van der Waals surface area (Å²) in [6.07, 6.45) is 1.79. The molecule has 1 aliphatic rings. The van der Waals surface area contributed by atoms with E-state index in [-0.39, 0.29) is 24.5 Å². The summed E-state index contributed by atoms with van der Waals surface area (Å²) in [7, 11) is 0. The summed E-state index contributed by atoms with van der Waals surface area (Å²) in [6.45, 7) is 4.39. The summed E-state index contributed by atoms with van der Waals surface area (Å²) in [4.78, 5) is 19.8. The zero-order valence-corrected chi connectivity index (χ0v) is 22.7. The number of carbonyl (C=O) groups is 1. The molecule has 39 heavy (non-hydrogen) atoms. The molecule has 6 rings (SSSR count). The number of anilines is 1. The van der Waals surface area contributed by atoms with Crippen molar-refractivity contribution >= 4 is 39.7 Å². The summed E-state index contributed by atoms with van der Waals surface area (Å²) in [5.74, 6) is -0.125. The number of hydrogen-bond donors (Lipinski definition) is 2. The molecule has 2 N–H and O–H groups in total. The first-order valence-electron chi connectivity index (χ1n) is 13.0. The lowest BCUT2D eigenvalue weighted by Crippen LogP contribution is -2.37. The van der Waals surface area contributed by atoms with Crippen LogP contribution in [0.15, 0.2) is 103 Å². The Bertz CT molecular complexity index is 1660. The van der Waals surface area contributed by atoms with Gasteiger partial charge < -0.3 is 20.1 Å². The predicted octanol–water partition coefficient (Wildman–Crippen LogP) is 6.25. The fourth-order valence-corrected chi connectivity index (χ4v) is 5.96. The highest BCUT2D eigenvalue weighted by Gasteiger charge is 2.42. The number of hydrogen-bond acceptors (Lipinski definition) is 3. The van der Waals surface area contributed by atoms with Crippen molar-refractivity contribution in [2.24, 2.45) is 0 Å². The van der Waals surface area contributed by atoms with Crippen LogP contribution in [0.5, 0.6) is 0 Å². The van der Waals surface area contributed by atoms with E-state index in [1.54, 1.807) is 6.20 Å². The van der Waals surface area contributed by atoms with Crippen LogP contribution in [0.3, 0.4) is 0 Å². The van der Waals surface area contributed by atoms with Gasteiger partial charge >= 0.3 is 0 Å². The number of aromatic nitrogens is 2. The Morgan fingerprint density at radius 1 is 0.949 bits per heavy atom. The molecule has 5 aromatic rings. The van der Waals surface area contributed by atoms with Crippen molar-refractivity contribution in [2.75, 3.05) is 11.9 Å². The van der Waals surface area contributed by atoms with Gasteiger partial charge in [0.2, 0.25) is 5.91 Å². The van der Waals surface area contributed by atoms with E-state index in [2.05, 4.69) is 82.6 Å². The third kappa shape index (κ3) is 4.66. The van der Waals surface area contributed by atoms with Crippen molar-refractivity contribution in [3.05, 3.63) is 126 Å². The highest BCUT2D eigenvalue weighted by Crippen LogP contribution is 2.41. The lowest BCUT2D eigenvalue weighted by molar-refractivity contribution is -0.116. The Hall–Kier alpha value is -4.49. The van der Waals surface area contributed by atoms with Crippen LogP contribution in [0.25, 0.3) is 16.5 Å². The van der Waals surface area contributed by atoms with Crippen LogP contribution in [-0.2, 0) is 4.79 Å². The molecule has 3 heterocycles. The molecule has 2 aromatic heterocycles. The van der Waals surface area contributed by atoms with Gasteiger partial charge in [0.05, 0.1) is 23.5 Å². The lowest BCUT2D eigenvalue weighted by atomic mass is 9.96. The van der Waals surface area contributed by atoms with E-state index in [4.69, 9.17) is 12.2 Å². The molecule has 1 fully saturated rings. The predicted molar refractivity (Wildman–Crippen MR) is 160 cm³/mol. The van der Waals surface area contributed by atoms with Crippen LogP contribution < -0.4 is 10.6 Å². The number of aryl methyl sites for hydroxylation is 1. The standard InChI is InChI=1S/C32H29N5OS/c1-21-19-26(22(2)37(21)28-17-10-12-23-11-6-7-15-25(23)28)31-30(27-16-8-9-18-33-27)35-32(39)36(31)20-29(38)34-24-13-4-3-5-14-24/h3-19,30-31H,20H2,1-2H3,(H,34,38)(H,35,39)/t30-,31+/m0/s1. The largest absolute Gasteiger partial charge is 0.352 e. The Kier molecular flexibility index (Phi) is 6.59. The monoisotopic (exact) mass is 531 g/mol. The summed E-state index contributed by atoms with van der Waals surface area (Å²) in [5.41, 5.74) is 6.10. The normalized spacial score (nSPS) is 16.9. The van der Waals surface area contributed by atoms with Crippen LogP contribution >= 0.6 is 12.2 Å². The minimum absolute atomic E-state index is 0.118. The third-order valence-electron chi connectivity index (χ3n) is 7.37. The average molecular weight is 532 g/mol. The molecule has 0 spiro atoms. The number of nitrogens with zero attached hydrogens (tertiary/aromatic N) is 3. The highest BCUT2D eigenvalue weighted by atomic mass is 32.1. The number of rotatable bonds is 6. The fraction of sp³-hybridized carbons (Fsp3) is 0.156. The topological polar surface area (TPSA) is 62.2 Å². The van der Waals surface area contributed by atoms with Gasteiger partial charge in [-0.25, -0.2) is 0 Å². The molecule has 0 unspecified atom stereocenters. The minimum Gasteiger partial charge on any atom is -0.352 e. The smallest absolute Gasteiger partial charge is 0.244 e. The molecule has 0 bridgehead atoms. The van der Waals surface area contributed by atoms with Gasteiger partial charge in [-0.05, 0) is 73.4 Å². The molecule has 1 amide bonds. The number of fused-ring (bicyclic) bond motifs is 1. The first-order valence-corrected chi connectivity index (χ1v) is 13.4. The molecule has 3 aromatic carbocycles. The van der Waals surface area contributed by atoms with Crippen molar-refractivity contribution < 1.29 is 4.79 Å². The molecule has 1 saturated heterocycles. The van der Waals surface area contributed by atoms with E-state index >= 15 is 0 Å². The quantitative estimate of drug-likeness (QED) is 0.254. The number of nitrogens with one attached hydrogen (secondary N) is 2. The van der Waals surface area contributed by atoms with Crippen molar-refractivity contribution in [3.63, 3.8) is 0 Å². The van der Waals surface area contributed by atoms with Crippen molar-refractivity contribution in [3.8, 4) is 5.69 Å². The second-order valence-electron chi connectivity index (χ2n) is 9.83. The number of carbonyl (C=O) groups excluding carboxylic acids is 1. The number of benzene rings is 3. The molecule has 6 nitrogen and oxygen atoms in total. The Morgan fingerprint density at radius 2 is 1.69 bits per heavy atom. The average Bonchev–Trinajstić information content (AvgIpc) is 3.43. The fourth-order valence-electron chi connectivity index (χ4n) is 5.65. The van der Waals surface area contributed by atoms with Crippen molar-refractivity contribution in [1.29, 1.82) is 0 Å². The maximum absolute atomic E-state index is 13.2. The van der Waals surface area contributed by atoms with E-state index in [9.17, 15) is 4.79 Å². The lowest BCUT2D eigenvalue weighted by Gasteiger charge is -2.27. The molecule has 0 radical (unpaired) electrons. The van der Waals surface area contributed by atoms with E-state index in [0.29, 0.717) is 5.11 Å². The first-order chi connectivity index (χ1) is 19.0. The van der Waals surface area contributed by atoms with Crippen LogP contribution in [0, 0.1) is 13.8 Å². The zero-order chi connectivity index (χ0) is 26.9. The van der Waals surface area contributed by atoms with Gasteiger partial charge in [-0.1, -0.05) is 60.7 Å². The molecule has 0 aliphatic carbocycles. The molecule has 2 atom stereocenters. The van der Waals surface area contributed by atoms with Crippen LogP contribution in [0.2, 0.25) is 0 Å². The molecule has 194 valence electrons. The Labute approximate surface area is 233 Å². The maximum atomic E-state index is 13.2. The van der Waals surface area contributed by atoms with Gasteiger partial charge in [-0.2, -0.15) is 0 Å². The second-order valence-corrected chi connectivity index (χ2v) is 10.2. The summed E-state index contributed by atoms with van der Waals surface area (Å²) in [6, 6.07) is 32.0. The number of pyridine rings is 1. The van der Waals surface area contributed by atoms with Gasteiger partial charge in [0.15, 0.2) is 5.11 Å².